The van der Waals surface area contributed by atoms with Gasteiger partial charge in [-0.05, 0) is 41.8 Å². The third-order valence-electron chi connectivity index (χ3n) is 3.24. The topological polar surface area (TPSA) is 21.3 Å². The van der Waals surface area contributed by atoms with Crippen LogP contribution in [0.5, 0.6) is 5.75 Å². The molecule has 0 unspecified atom stereocenters. The average molecular weight is 287 g/mol. The summed E-state index contributed by atoms with van der Waals surface area (Å²) in [5, 5.41) is 3.39. The molecule has 0 fully saturated rings. The molecule has 0 heterocycles. The normalized spacial score (nSPS) is 10.9. The van der Waals surface area contributed by atoms with Crippen LogP contribution >= 0.6 is 0 Å². The molecule has 2 aromatic carbocycles. The number of benzene rings is 2. The number of hydrogen-bond donors (Lipinski definition) is 1. The standard InChI is InChI=1S/C18H22FNO/c1-13(2)20-11-15-5-4-6-16(10-15)12-21-17-7-8-18(19)14(3)9-17/h4-10,13,20H,11-12H2,1-3H3. The number of rotatable bonds is 6. The Kier molecular flexibility index (Phi) is 5.34. The molecule has 0 spiro atoms. The van der Waals surface area contributed by atoms with Crippen LogP contribution in [0.25, 0.3) is 0 Å². The van der Waals surface area contributed by atoms with E-state index in [0.717, 1.165) is 12.1 Å². The first-order valence-electron chi connectivity index (χ1n) is 7.25. The van der Waals surface area contributed by atoms with E-state index in [0.29, 0.717) is 24.0 Å². The highest BCUT2D eigenvalue weighted by Crippen LogP contribution is 2.17. The Morgan fingerprint density at radius 2 is 1.86 bits per heavy atom. The highest BCUT2D eigenvalue weighted by molar-refractivity contribution is 5.29. The van der Waals surface area contributed by atoms with Gasteiger partial charge in [0.15, 0.2) is 0 Å². The van der Waals surface area contributed by atoms with Crippen molar-refractivity contribution in [2.75, 3.05) is 0 Å². The Morgan fingerprint density at radius 1 is 1.10 bits per heavy atom. The van der Waals surface area contributed by atoms with Crippen molar-refractivity contribution < 1.29 is 9.13 Å². The van der Waals surface area contributed by atoms with Crippen molar-refractivity contribution >= 4 is 0 Å². The minimum Gasteiger partial charge on any atom is -0.489 e. The lowest BCUT2D eigenvalue weighted by Crippen LogP contribution is -2.21. The molecule has 21 heavy (non-hydrogen) atoms. The number of nitrogens with one attached hydrogen (secondary N) is 1. The maximum Gasteiger partial charge on any atom is 0.126 e. The fourth-order valence-corrected chi connectivity index (χ4v) is 2.03. The Morgan fingerprint density at radius 3 is 2.57 bits per heavy atom. The van der Waals surface area contributed by atoms with Gasteiger partial charge in [-0.15, -0.1) is 0 Å². The Bertz CT molecular complexity index is 596. The summed E-state index contributed by atoms with van der Waals surface area (Å²) >= 11 is 0. The van der Waals surface area contributed by atoms with E-state index in [2.05, 4.69) is 31.3 Å². The van der Waals surface area contributed by atoms with Gasteiger partial charge in [0, 0.05) is 12.6 Å². The minimum atomic E-state index is -0.205. The molecule has 2 nitrogen and oxygen atoms in total. The van der Waals surface area contributed by atoms with Crippen molar-refractivity contribution in [1.82, 2.24) is 5.32 Å². The van der Waals surface area contributed by atoms with Crippen molar-refractivity contribution in [2.24, 2.45) is 0 Å². The molecule has 0 amide bonds. The molecule has 0 bridgehead atoms. The second-order valence-corrected chi connectivity index (χ2v) is 5.56. The lowest BCUT2D eigenvalue weighted by molar-refractivity contribution is 0.305. The summed E-state index contributed by atoms with van der Waals surface area (Å²) in [4.78, 5) is 0. The fourth-order valence-electron chi connectivity index (χ4n) is 2.03. The van der Waals surface area contributed by atoms with E-state index in [-0.39, 0.29) is 5.82 Å². The summed E-state index contributed by atoms with van der Waals surface area (Å²) in [6.45, 7) is 7.33. The maximum atomic E-state index is 13.2. The third kappa shape index (κ3) is 4.87. The molecule has 3 heteroatoms. The molecule has 2 aromatic rings. The first kappa shape index (κ1) is 15.5. The van der Waals surface area contributed by atoms with Crippen LogP contribution < -0.4 is 10.1 Å². The third-order valence-corrected chi connectivity index (χ3v) is 3.24. The van der Waals surface area contributed by atoms with E-state index in [1.54, 1.807) is 19.1 Å². The molecule has 112 valence electrons. The molecule has 0 aliphatic rings. The summed E-state index contributed by atoms with van der Waals surface area (Å²) in [5.74, 6) is 0.490. The van der Waals surface area contributed by atoms with Gasteiger partial charge in [-0.2, -0.15) is 0 Å². The summed E-state index contributed by atoms with van der Waals surface area (Å²) in [6.07, 6.45) is 0. The Balaban J connectivity index is 1.96. The molecule has 0 atom stereocenters. The van der Waals surface area contributed by atoms with E-state index in [4.69, 9.17) is 4.74 Å². The van der Waals surface area contributed by atoms with E-state index in [1.165, 1.54) is 11.6 Å². The van der Waals surface area contributed by atoms with E-state index >= 15 is 0 Å². The molecule has 1 N–H and O–H groups in total. The van der Waals surface area contributed by atoms with Gasteiger partial charge in [-0.25, -0.2) is 4.39 Å². The summed E-state index contributed by atoms with van der Waals surface area (Å²) in [6, 6.07) is 13.6. The molecular formula is C18H22FNO. The minimum absolute atomic E-state index is 0.205. The van der Waals surface area contributed by atoms with Gasteiger partial charge in [0.1, 0.15) is 18.2 Å². The van der Waals surface area contributed by atoms with Crippen LogP contribution in [0.3, 0.4) is 0 Å². The van der Waals surface area contributed by atoms with Crippen LogP contribution in [0.4, 0.5) is 4.39 Å². The van der Waals surface area contributed by atoms with Gasteiger partial charge >= 0.3 is 0 Å². The van der Waals surface area contributed by atoms with E-state index in [1.807, 2.05) is 12.1 Å². The zero-order valence-electron chi connectivity index (χ0n) is 12.8. The largest absolute Gasteiger partial charge is 0.489 e. The van der Waals surface area contributed by atoms with Gasteiger partial charge in [0.05, 0.1) is 0 Å². The Hall–Kier alpha value is -1.87. The molecule has 0 saturated heterocycles. The monoisotopic (exact) mass is 287 g/mol. The van der Waals surface area contributed by atoms with Gasteiger partial charge in [0.2, 0.25) is 0 Å². The highest BCUT2D eigenvalue weighted by atomic mass is 19.1. The predicted molar refractivity (Wildman–Crippen MR) is 83.9 cm³/mol. The fraction of sp³-hybridized carbons (Fsp3) is 0.333. The number of aryl methyl sites for hydroxylation is 1. The van der Waals surface area contributed by atoms with Crippen LogP contribution in [0.15, 0.2) is 42.5 Å². The zero-order chi connectivity index (χ0) is 15.2. The maximum absolute atomic E-state index is 13.2. The molecule has 0 saturated carbocycles. The predicted octanol–water partition coefficient (Wildman–Crippen LogP) is 4.21. The van der Waals surface area contributed by atoms with Gasteiger partial charge < -0.3 is 10.1 Å². The first-order chi connectivity index (χ1) is 10.0. The van der Waals surface area contributed by atoms with Gasteiger partial charge in [-0.3, -0.25) is 0 Å². The zero-order valence-corrected chi connectivity index (χ0v) is 12.8. The van der Waals surface area contributed by atoms with Crippen LogP contribution in [0.1, 0.15) is 30.5 Å². The molecule has 2 rings (SSSR count). The van der Waals surface area contributed by atoms with Crippen LogP contribution in [-0.2, 0) is 13.2 Å². The number of hydrogen-bond acceptors (Lipinski definition) is 2. The second-order valence-electron chi connectivity index (χ2n) is 5.56. The van der Waals surface area contributed by atoms with Crippen molar-refractivity contribution in [3.63, 3.8) is 0 Å². The van der Waals surface area contributed by atoms with Crippen LogP contribution in [0.2, 0.25) is 0 Å². The summed E-state index contributed by atoms with van der Waals surface area (Å²) < 4.78 is 18.9. The molecule has 0 aromatic heterocycles. The highest BCUT2D eigenvalue weighted by Gasteiger charge is 2.02. The Labute approximate surface area is 126 Å². The van der Waals surface area contributed by atoms with Gasteiger partial charge in [-0.1, -0.05) is 38.1 Å². The summed E-state index contributed by atoms with van der Waals surface area (Å²) in [7, 11) is 0. The van der Waals surface area contributed by atoms with Crippen molar-refractivity contribution in [1.29, 1.82) is 0 Å². The second kappa shape index (κ2) is 7.23. The molecular weight excluding hydrogens is 265 g/mol. The first-order valence-corrected chi connectivity index (χ1v) is 7.25. The number of halogens is 1. The lowest BCUT2D eigenvalue weighted by atomic mass is 10.1. The van der Waals surface area contributed by atoms with Crippen molar-refractivity contribution in [3.8, 4) is 5.75 Å². The van der Waals surface area contributed by atoms with Crippen LogP contribution in [-0.4, -0.2) is 6.04 Å². The quantitative estimate of drug-likeness (QED) is 0.859. The SMILES string of the molecule is Cc1cc(OCc2cccc(CNC(C)C)c2)ccc1F. The van der Waals surface area contributed by atoms with E-state index < -0.39 is 0 Å². The average Bonchev–Trinajstić information content (AvgIpc) is 2.47. The molecule has 0 aliphatic carbocycles. The summed E-state index contributed by atoms with van der Waals surface area (Å²) in [5.41, 5.74) is 2.95. The van der Waals surface area contributed by atoms with Crippen LogP contribution in [0, 0.1) is 12.7 Å². The van der Waals surface area contributed by atoms with E-state index in [9.17, 15) is 4.39 Å². The number of ether oxygens (including phenoxy) is 1. The van der Waals surface area contributed by atoms with Crippen molar-refractivity contribution in [3.05, 3.63) is 65.0 Å². The lowest BCUT2D eigenvalue weighted by Gasteiger charge is -2.11. The molecule has 0 radical (unpaired) electrons. The van der Waals surface area contributed by atoms with Crippen molar-refractivity contribution in [2.45, 2.75) is 40.0 Å². The van der Waals surface area contributed by atoms with Gasteiger partial charge in [0.25, 0.3) is 0 Å². The smallest absolute Gasteiger partial charge is 0.126 e. The molecule has 0 aliphatic heterocycles.